The lowest BCUT2D eigenvalue weighted by Crippen LogP contribution is -2.16. The van der Waals surface area contributed by atoms with Crippen molar-refractivity contribution in [1.29, 1.82) is 0 Å². The van der Waals surface area contributed by atoms with Crippen LogP contribution >= 0.6 is 0 Å². The van der Waals surface area contributed by atoms with Gasteiger partial charge in [0, 0.05) is 6.42 Å². The average molecular weight is 363 g/mol. The molecule has 0 spiro atoms. The predicted molar refractivity (Wildman–Crippen MR) is 91.0 cm³/mol. The molecule has 0 aliphatic carbocycles. The van der Waals surface area contributed by atoms with Gasteiger partial charge in [0.2, 0.25) is 0 Å². The zero-order valence-corrected chi connectivity index (χ0v) is 14.2. The number of carboxylic acid groups (broad SMARTS) is 1. The maximum absolute atomic E-state index is 12.5. The van der Waals surface area contributed by atoms with Gasteiger partial charge in [-0.05, 0) is 36.2 Å². The Morgan fingerprint density at radius 1 is 1.08 bits per heavy atom. The van der Waals surface area contributed by atoms with Crippen LogP contribution in [0.2, 0.25) is 0 Å². The summed E-state index contributed by atoms with van der Waals surface area (Å²) in [5.41, 5.74) is 0.937. The number of carbonyl (C=O) groups is 2. The fraction of sp³-hybridized carbons (Fsp3) is 0.176. The van der Waals surface area contributed by atoms with Gasteiger partial charge in [-0.15, -0.1) is 0 Å². The van der Waals surface area contributed by atoms with Crippen LogP contribution in [-0.4, -0.2) is 32.6 Å². The van der Waals surface area contributed by atoms with E-state index >= 15 is 0 Å². The molecular formula is C17H17NO6S. The molecular weight excluding hydrogens is 346 g/mol. The summed E-state index contributed by atoms with van der Waals surface area (Å²) in [4.78, 5) is 22.3. The number of sulfonamides is 1. The summed E-state index contributed by atoms with van der Waals surface area (Å²) in [6, 6.07) is 12.0. The highest BCUT2D eigenvalue weighted by atomic mass is 32.2. The van der Waals surface area contributed by atoms with Crippen LogP contribution < -0.4 is 4.72 Å². The van der Waals surface area contributed by atoms with Gasteiger partial charge in [0.25, 0.3) is 10.0 Å². The molecule has 132 valence electrons. The highest BCUT2D eigenvalue weighted by Crippen LogP contribution is 2.21. The number of aliphatic carboxylic acids is 1. The fourth-order valence-electron chi connectivity index (χ4n) is 2.15. The van der Waals surface area contributed by atoms with Crippen LogP contribution in [0.1, 0.15) is 22.3 Å². The van der Waals surface area contributed by atoms with E-state index in [9.17, 15) is 18.0 Å². The fourth-order valence-corrected chi connectivity index (χ4v) is 3.23. The molecule has 2 N–H and O–H groups in total. The average Bonchev–Trinajstić information content (AvgIpc) is 2.60. The van der Waals surface area contributed by atoms with Crippen LogP contribution in [0.5, 0.6) is 0 Å². The first kappa shape index (κ1) is 18.5. The first-order valence-electron chi connectivity index (χ1n) is 7.34. The van der Waals surface area contributed by atoms with Gasteiger partial charge in [-0.1, -0.05) is 24.3 Å². The third-order valence-electron chi connectivity index (χ3n) is 3.44. The van der Waals surface area contributed by atoms with Gasteiger partial charge < -0.3 is 9.84 Å². The summed E-state index contributed by atoms with van der Waals surface area (Å²) in [5.74, 6) is -1.57. The minimum atomic E-state index is -3.90. The second-order valence-corrected chi connectivity index (χ2v) is 6.86. The molecule has 2 rings (SSSR count). The van der Waals surface area contributed by atoms with Crippen molar-refractivity contribution in [1.82, 2.24) is 0 Å². The number of hydrogen-bond acceptors (Lipinski definition) is 5. The molecule has 2 aromatic rings. The number of rotatable bonds is 7. The van der Waals surface area contributed by atoms with E-state index in [0.717, 1.165) is 5.56 Å². The van der Waals surface area contributed by atoms with Crippen molar-refractivity contribution in [3.05, 3.63) is 59.7 Å². The Hall–Kier alpha value is -2.87. The molecule has 0 aromatic heterocycles. The number of carboxylic acids is 1. The van der Waals surface area contributed by atoms with E-state index in [2.05, 4.69) is 9.46 Å². The summed E-state index contributed by atoms with van der Waals surface area (Å²) in [7, 11) is -2.69. The molecule has 0 heterocycles. The second-order valence-electron chi connectivity index (χ2n) is 5.18. The monoisotopic (exact) mass is 363 g/mol. The first-order chi connectivity index (χ1) is 11.8. The van der Waals surface area contributed by atoms with Crippen LogP contribution in [0.3, 0.4) is 0 Å². The lowest BCUT2D eigenvalue weighted by Gasteiger charge is -2.11. The third-order valence-corrected chi connectivity index (χ3v) is 4.82. The highest BCUT2D eigenvalue weighted by Gasteiger charge is 2.18. The van der Waals surface area contributed by atoms with Crippen LogP contribution in [0, 0.1) is 0 Å². The topological polar surface area (TPSA) is 110 Å². The van der Waals surface area contributed by atoms with Crippen LogP contribution in [0.4, 0.5) is 5.69 Å². The van der Waals surface area contributed by atoms with E-state index in [0.29, 0.717) is 6.42 Å². The quantitative estimate of drug-likeness (QED) is 0.731. The summed E-state index contributed by atoms with van der Waals surface area (Å²) < 4.78 is 32.0. The van der Waals surface area contributed by atoms with Crippen LogP contribution in [0.25, 0.3) is 0 Å². The lowest BCUT2D eigenvalue weighted by atomic mass is 10.1. The van der Waals surface area contributed by atoms with Crippen molar-refractivity contribution in [3.63, 3.8) is 0 Å². The molecule has 0 fully saturated rings. The number of nitrogens with one attached hydrogen (secondary N) is 1. The Labute approximate surface area is 145 Å². The van der Waals surface area contributed by atoms with Gasteiger partial charge in [-0.25, -0.2) is 13.2 Å². The molecule has 0 saturated heterocycles. The summed E-state index contributed by atoms with van der Waals surface area (Å²) in [6.45, 7) is 0. The predicted octanol–water partition coefficient (Wildman–Crippen LogP) is 2.29. The maximum atomic E-state index is 12.5. The Kier molecular flexibility index (Phi) is 5.76. The molecule has 0 aliphatic rings. The molecule has 0 atom stereocenters. The number of hydrogen-bond donors (Lipinski definition) is 2. The molecule has 0 bridgehead atoms. The number of benzene rings is 2. The number of ether oxygens (including phenoxy) is 1. The summed E-state index contributed by atoms with van der Waals surface area (Å²) in [6.07, 6.45) is 0.283. The molecule has 0 unspecified atom stereocenters. The number of para-hydroxylation sites is 1. The van der Waals surface area contributed by atoms with Crippen molar-refractivity contribution in [2.75, 3.05) is 11.8 Å². The SMILES string of the molecule is COC(=O)c1ccccc1NS(=O)(=O)c1ccc(CCC(=O)O)cc1. The third kappa shape index (κ3) is 4.80. The highest BCUT2D eigenvalue weighted by molar-refractivity contribution is 7.92. The van der Waals surface area contributed by atoms with E-state index < -0.39 is 22.0 Å². The Balaban J connectivity index is 2.22. The van der Waals surface area contributed by atoms with E-state index in [1.807, 2.05) is 0 Å². The number of esters is 1. The number of anilines is 1. The molecule has 0 aliphatic heterocycles. The van der Waals surface area contributed by atoms with E-state index in [-0.39, 0.29) is 22.6 Å². The second kappa shape index (κ2) is 7.80. The Morgan fingerprint density at radius 3 is 2.32 bits per heavy atom. The Morgan fingerprint density at radius 2 is 1.72 bits per heavy atom. The smallest absolute Gasteiger partial charge is 0.339 e. The van der Waals surface area contributed by atoms with Gasteiger partial charge >= 0.3 is 11.9 Å². The van der Waals surface area contributed by atoms with Gasteiger partial charge in [0.15, 0.2) is 0 Å². The normalized spacial score (nSPS) is 10.9. The van der Waals surface area contributed by atoms with Gasteiger partial charge in [0.1, 0.15) is 0 Å². The summed E-state index contributed by atoms with van der Waals surface area (Å²) in [5, 5.41) is 8.67. The molecule has 0 saturated carbocycles. The van der Waals surface area contributed by atoms with Crippen LogP contribution in [0.15, 0.2) is 53.4 Å². The first-order valence-corrected chi connectivity index (χ1v) is 8.82. The van der Waals surface area contributed by atoms with Crippen molar-refractivity contribution in [2.24, 2.45) is 0 Å². The van der Waals surface area contributed by atoms with Crippen molar-refractivity contribution in [3.8, 4) is 0 Å². The van der Waals surface area contributed by atoms with Crippen molar-refractivity contribution < 1.29 is 27.9 Å². The maximum Gasteiger partial charge on any atom is 0.339 e. The lowest BCUT2D eigenvalue weighted by molar-refractivity contribution is -0.136. The number of methoxy groups -OCH3 is 1. The molecule has 8 heteroatoms. The molecule has 2 aromatic carbocycles. The van der Waals surface area contributed by atoms with E-state index in [4.69, 9.17) is 5.11 Å². The number of carbonyl (C=O) groups excluding carboxylic acids is 1. The molecule has 0 amide bonds. The zero-order chi connectivity index (χ0) is 18.4. The molecule has 25 heavy (non-hydrogen) atoms. The largest absolute Gasteiger partial charge is 0.481 e. The number of aryl methyl sites for hydroxylation is 1. The standard InChI is InChI=1S/C17H17NO6S/c1-24-17(21)14-4-2-3-5-15(14)18-25(22,23)13-9-6-12(7-10-13)8-11-16(19)20/h2-7,9-10,18H,8,11H2,1H3,(H,19,20). The summed E-state index contributed by atoms with van der Waals surface area (Å²) >= 11 is 0. The van der Waals surface area contributed by atoms with Gasteiger partial charge in [-0.3, -0.25) is 9.52 Å². The minimum Gasteiger partial charge on any atom is -0.481 e. The van der Waals surface area contributed by atoms with E-state index in [1.54, 1.807) is 24.3 Å². The Bertz CT molecular complexity index is 874. The van der Waals surface area contributed by atoms with Crippen LogP contribution in [-0.2, 0) is 26.0 Å². The van der Waals surface area contributed by atoms with Crippen molar-refractivity contribution >= 4 is 27.6 Å². The molecule has 7 nitrogen and oxygen atoms in total. The molecule has 0 radical (unpaired) electrons. The van der Waals surface area contributed by atoms with Gasteiger partial charge in [-0.2, -0.15) is 0 Å². The zero-order valence-electron chi connectivity index (χ0n) is 13.4. The van der Waals surface area contributed by atoms with Crippen molar-refractivity contribution in [2.45, 2.75) is 17.7 Å². The van der Waals surface area contributed by atoms with E-state index in [1.165, 1.54) is 31.4 Å². The minimum absolute atomic E-state index is 0.00578. The van der Waals surface area contributed by atoms with Gasteiger partial charge in [0.05, 0.1) is 23.3 Å².